The number of nitrogens with one attached hydrogen (secondary N) is 1. The zero-order valence-electron chi connectivity index (χ0n) is 19.5. The lowest BCUT2D eigenvalue weighted by Gasteiger charge is -2.10. The molecular formula is C28H29N3O3. The summed E-state index contributed by atoms with van der Waals surface area (Å²) in [5.74, 6) is 1.44. The van der Waals surface area contributed by atoms with Gasteiger partial charge in [-0.3, -0.25) is 4.79 Å². The van der Waals surface area contributed by atoms with Crippen LogP contribution < -0.4 is 14.8 Å². The highest BCUT2D eigenvalue weighted by molar-refractivity contribution is 5.77. The fourth-order valence-corrected chi connectivity index (χ4v) is 3.86. The van der Waals surface area contributed by atoms with Gasteiger partial charge in [-0.15, -0.1) is 0 Å². The van der Waals surface area contributed by atoms with Crippen LogP contribution in [0.4, 0.5) is 0 Å². The zero-order chi connectivity index (χ0) is 23.8. The van der Waals surface area contributed by atoms with Gasteiger partial charge in [0.25, 0.3) is 0 Å². The Kier molecular flexibility index (Phi) is 7.60. The van der Waals surface area contributed by atoms with Crippen molar-refractivity contribution in [3.8, 4) is 28.4 Å². The number of hydrogen-bond donors (Lipinski definition) is 1. The van der Waals surface area contributed by atoms with Gasteiger partial charge in [0, 0.05) is 24.7 Å². The summed E-state index contributed by atoms with van der Waals surface area (Å²) < 4.78 is 12.9. The van der Waals surface area contributed by atoms with Gasteiger partial charge in [-0.05, 0) is 54.3 Å². The smallest absolute Gasteiger partial charge is 0.220 e. The Labute approximate surface area is 200 Å². The monoisotopic (exact) mass is 455 g/mol. The predicted molar refractivity (Wildman–Crippen MR) is 134 cm³/mol. The molecule has 4 rings (SSSR count). The first kappa shape index (κ1) is 23.1. The molecule has 0 atom stereocenters. The highest BCUT2D eigenvalue weighted by Gasteiger charge is 2.18. The van der Waals surface area contributed by atoms with Crippen LogP contribution in [0.3, 0.4) is 0 Å². The minimum Gasteiger partial charge on any atom is -0.497 e. The highest BCUT2D eigenvalue weighted by atomic mass is 16.5. The number of aromatic nitrogens is 2. The van der Waals surface area contributed by atoms with Crippen molar-refractivity contribution in [2.24, 2.45) is 0 Å². The second-order valence-corrected chi connectivity index (χ2v) is 7.93. The molecule has 174 valence electrons. The maximum atomic E-state index is 12.6. The second-order valence-electron chi connectivity index (χ2n) is 7.93. The van der Waals surface area contributed by atoms with E-state index in [1.807, 2.05) is 77.6 Å². The zero-order valence-corrected chi connectivity index (χ0v) is 19.5. The number of para-hydroxylation sites is 1. The lowest BCUT2D eigenvalue weighted by Crippen LogP contribution is -2.25. The number of carbonyl (C=O) groups is 1. The summed E-state index contributed by atoms with van der Waals surface area (Å²) in [6.07, 6.45) is 3.72. The molecular weight excluding hydrogens is 426 g/mol. The third-order valence-electron chi connectivity index (χ3n) is 5.67. The van der Waals surface area contributed by atoms with Crippen molar-refractivity contribution < 1.29 is 14.3 Å². The molecule has 3 aromatic carbocycles. The van der Waals surface area contributed by atoms with Crippen molar-refractivity contribution in [2.45, 2.75) is 19.3 Å². The number of carbonyl (C=O) groups excluding carboxylic acids is 1. The molecule has 0 aliphatic heterocycles. The molecule has 1 N–H and O–H groups in total. The number of aryl methyl sites for hydroxylation is 1. The Morgan fingerprint density at radius 1 is 0.912 bits per heavy atom. The Balaban J connectivity index is 1.54. The molecule has 0 spiro atoms. The van der Waals surface area contributed by atoms with Crippen LogP contribution in [0.15, 0.2) is 85.1 Å². The Morgan fingerprint density at radius 2 is 1.65 bits per heavy atom. The van der Waals surface area contributed by atoms with E-state index in [9.17, 15) is 4.79 Å². The van der Waals surface area contributed by atoms with Crippen LogP contribution >= 0.6 is 0 Å². The molecule has 34 heavy (non-hydrogen) atoms. The van der Waals surface area contributed by atoms with Gasteiger partial charge < -0.3 is 14.8 Å². The molecule has 4 aromatic rings. The van der Waals surface area contributed by atoms with Crippen molar-refractivity contribution >= 4 is 5.91 Å². The Bertz CT molecular complexity index is 1220. The quantitative estimate of drug-likeness (QED) is 0.371. The Morgan fingerprint density at radius 3 is 2.35 bits per heavy atom. The molecule has 0 aliphatic rings. The molecule has 1 amide bonds. The van der Waals surface area contributed by atoms with E-state index in [-0.39, 0.29) is 5.91 Å². The van der Waals surface area contributed by atoms with Crippen molar-refractivity contribution in [1.29, 1.82) is 0 Å². The minimum absolute atomic E-state index is 0.0203. The van der Waals surface area contributed by atoms with E-state index in [1.54, 1.807) is 14.2 Å². The van der Waals surface area contributed by atoms with Crippen LogP contribution in [0.1, 0.15) is 17.5 Å². The van der Waals surface area contributed by atoms with Gasteiger partial charge in [0.1, 0.15) is 11.5 Å². The Hall–Kier alpha value is -4.06. The van der Waals surface area contributed by atoms with Gasteiger partial charge in [-0.1, -0.05) is 48.5 Å². The molecule has 0 saturated carbocycles. The molecule has 0 bridgehead atoms. The number of hydrogen-bond acceptors (Lipinski definition) is 4. The van der Waals surface area contributed by atoms with E-state index in [1.165, 1.54) is 5.56 Å². The van der Waals surface area contributed by atoms with Gasteiger partial charge in [0.05, 0.1) is 25.6 Å². The first-order valence-electron chi connectivity index (χ1n) is 11.3. The molecule has 0 saturated heterocycles. The first-order chi connectivity index (χ1) is 16.7. The van der Waals surface area contributed by atoms with Crippen LogP contribution in [-0.2, 0) is 17.6 Å². The van der Waals surface area contributed by atoms with Crippen LogP contribution in [-0.4, -0.2) is 36.5 Å². The number of methoxy groups -OCH3 is 2. The maximum Gasteiger partial charge on any atom is 0.220 e. The van der Waals surface area contributed by atoms with Gasteiger partial charge in [0.2, 0.25) is 5.91 Å². The molecule has 0 fully saturated rings. The van der Waals surface area contributed by atoms with Gasteiger partial charge >= 0.3 is 0 Å². The van der Waals surface area contributed by atoms with Crippen LogP contribution in [0.5, 0.6) is 11.5 Å². The summed E-state index contributed by atoms with van der Waals surface area (Å²) in [5, 5.41) is 7.89. The van der Waals surface area contributed by atoms with Gasteiger partial charge in [-0.2, -0.15) is 5.10 Å². The minimum atomic E-state index is 0.0203. The SMILES string of the molecule is COc1ccc(OC)c(-c2nn(-c3ccccc3)cc2CCC(=O)NCCc2ccccc2)c1. The van der Waals surface area contributed by atoms with Gasteiger partial charge in [0.15, 0.2) is 0 Å². The number of amides is 1. The molecule has 0 unspecified atom stereocenters. The molecule has 6 heteroatoms. The van der Waals surface area contributed by atoms with Crippen molar-refractivity contribution in [3.05, 3.63) is 96.2 Å². The average Bonchev–Trinajstić information content (AvgIpc) is 3.32. The normalized spacial score (nSPS) is 10.6. The van der Waals surface area contributed by atoms with Crippen LogP contribution in [0.2, 0.25) is 0 Å². The number of rotatable bonds is 10. The topological polar surface area (TPSA) is 65.4 Å². The predicted octanol–water partition coefficient (Wildman–Crippen LogP) is 4.85. The van der Waals surface area contributed by atoms with Gasteiger partial charge in [-0.25, -0.2) is 4.68 Å². The summed E-state index contributed by atoms with van der Waals surface area (Å²) in [6.45, 7) is 0.614. The van der Waals surface area contributed by atoms with Crippen molar-refractivity contribution in [3.63, 3.8) is 0 Å². The fraction of sp³-hybridized carbons (Fsp3) is 0.214. The third-order valence-corrected chi connectivity index (χ3v) is 5.67. The highest BCUT2D eigenvalue weighted by Crippen LogP contribution is 2.35. The molecule has 0 aliphatic carbocycles. The number of benzene rings is 3. The van der Waals surface area contributed by atoms with Crippen molar-refractivity contribution in [1.82, 2.24) is 15.1 Å². The fourth-order valence-electron chi connectivity index (χ4n) is 3.86. The molecule has 1 heterocycles. The molecule has 6 nitrogen and oxygen atoms in total. The second kappa shape index (κ2) is 11.2. The largest absolute Gasteiger partial charge is 0.497 e. The van der Waals surface area contributed by atoms with Crippen LogP contribution in [0, 0.1) is 0 Å². The molecule has 1 aromatic heterocycles. The number of ether oxygens (including phenoxy) is 2. The van der Waals surface area contributed by atoms with Crippen molar-refractivity contribution in [2.75, 3.05) is 20.8 Å². The number of nitrogens with zero attached hydrogens (tertiary/aromatic N) is 2. The summed E-state index contributed by atoms with van der Waals surface area (Å²) in [4.78, 5) is 12.6. The maximum absolute atomic E-state index is 12.6. The van der Waals surface area contributed by atoms with E-state index in [4.69, 9.17) is 14.6 Å². The molecule has 0 radical (unpaired) electrons. The average molecular weight is 456 g/mol. The summed E-state index contributed by atoms with van der Waals surface area (Å²) in [5.41, 5.74) is 4.73. The third kappa shape index (κ3) is 5.64. The van der Waals surface area contributed by atoms with E-state index in [0.717, 1.165) is 34.7 Å². The van der Waals surface area contributed by atoms with E-state index >= 15 is 0 Å². The lowest BCUT2D eigenvalue weighted by molar-refractivity contribution is -0.121. The lowest BCUT2D eigenvalue weighted by atomic mass is 10.0. The van der Waals surface area contributed by atoms with E-state index in [2.05, 4.69) is 17.4 Å². The van der Waals surface area contributed by atoms with E-state index < -0.39 is 0 Å². The first-order valence-corrected chi connectivity index (χ1v) is 11.3. The van der Waals surface area contributed by atoms with Crippen LogP contribution in [0.25, 0.3) is 16.9 Å². The standard InChI is InChI=1S/C28H29N3O3/c1-33-24-14-15-26(34-2)25(19-24)28-22(20-31(30-28)23-11-7-4-8-12-23)13-16-27(32)29-18-17-21-9-5-3-6-10-21/h3-12,14-15,19-20H,13,16-18H2,1-2H3,(H,29,32). The summed E-state index contributed by atoms with van der Waals surface area (Å²) in [6, 6.07) is 25.7. The van der Waals surface area contributed by atoms with E-state index in [0.29, 0.717) is 25.1 Å². The summed E-state index contributed by atoms with van der Waals surface area (Å²) >= 11 is 0. The summed E-state index contributed by atoms with van der Waals surface area (Å²) in [7, 11) is 3.27.